The number of nitrogens with one attached hydrogen (secondary N) is 2. The Morgan fingerprint density at radius 2 is 1.82 bits per heavy atom. The first-order valence-electron chi connectivity index (χ1n) is 11.1. The van der Waals surface area contributed by atoms with Crippen LogP contribution in [0.2, 0.25) is 10.0 Å². The molecule has 0 bridgehead atoms. The van der Waals surface area contributed by atoms with Crippen LogP contribution in [0.3, 0.4) is 0 Å². The van der Waals surface area contributed by atoms with Crippen LogP contribution in [0, 0.1) is 0 Å². The maximum Gasteiger partial charge on any atom is 0.181 e. The van der Waals surface area contributed by atoms with Gasteiger partial charge in [-0.1, -0.05) is 53.5 Å². The van der Waals surface area contributed by atoms with E-state index in [0.717, 1.165) is 43.6 Å². The van der Waals surface area contributed by atoms with E-state index in [0.29, 0.717) is 32.9 Å². The minimum Gasteiger partial charge on any atom is -0.393 e. The zero-order valence-corrected chi connectivity index (χ0v) is 19.9. The number of pyridine rings is 1. The number of anilines is 2. The molecule has 0 spiro atoms. The van der Waals surface area contributed by atoms with Crippen molar-refractivity contribution >= 4 is 40.5 Å². The molecular formula is C24H25Cl2N7O. The molecule has 1 fully saturated rings. The normalized spacial score (nSPS) is 17.0. The number of aliphatic hydroxyl groups excluding tert-OH is 1. The van der Waals surface area contributed by atoms with Crippen molar-refractivity contribution in [3.8, 4) is 11.1 Å². The van der Waals surface area contributed by atoms with Gasteiger partial charge >= 0.3 is 0 Å². The Morgan fingerprint density at radius 1 is 1.06 bits per heavy atom. The van der Waals surface area contributed by atoms with E-state index in [1.807, 2.05) is 18.2 Å². The van der Waals surface area contributed by atoms with Gasteiger partial charge in [-0.25, -0.2) is 15.5 Å². The first kappa shape index (κ1) is 22.9. The topological polar surface area (TPSA) is 102 Å². The first-order valence-corrected chi connectivity index (χ1v) is 11.8. The maximum atomic E-state index is 9.71. The number of benzene rings is 2. The van der Waals surface area contributed by atoms with Crippen LogP contribution in [-0.2, 0) is 6.54 Å². The van der Waals surface area contributed by atoms with E-state index < -0.39 is 0 Å². The van der Waals surface area contributed by atoms with Crippen molar-refractivity contribution in [1.29, 1.82) is 0 Å². The Labute approximate surface area is 207 Å². The molecule has 34 heavy (non-hydrogen) atoms. The molecule has 0 amide bonds. The van der Waals surface area contributed by atoms with Gasteiger partial charge in [0.05, 0.1) is 27.4 Å². The molecule has 0 atom stereocenters. The van der Waals surface area contributed by atoms with Crippen molar-refractivity contribution in [2.45, 2.75) is 25.5 Å². The van der Waals surface area contributed by atoms with Gasteiger partial charge in [0.25, 0.3) is 0 Å². The molecule has 0 radical (unpaired) electrons. The van der Waals surface area contributed by atoms with Gasteiger partial charge in [0.2, 0.25) is 0 Å². The average Bonchev–Trinajstić information content (AvgIpc) is 3.33. The minimum absolute atomic E-state index is 0.161. The fraction of sp³-hybridized carbons (Fsp3) is 0.250. The maximum absolute atomic E-state index is 9.71. The summed E-state index contributed by atoms with van der Waals surface area (Å²) in [6.07, 6.45) is 3.27. The van der Waals surface area contributed by atoms with Crippen LogP contribution in [0.1, 0.15) is 24.0 Å². The average molecular weight is 498 g/mol. The predicted molar refractivity (Wildman–Crippen MR) is 136 cm³/mol. The molecule has 3 heterocycles. The lowest BCUT2D eigenvalue weighted by Crippen LogP contribution is -2.41. The third kappa shape index (κ3) is 4.68. The van der Waals surface area contributed by atoms with Crippen LogP contribution >= 0.6 is 23.2 Å². The van der Waals surface area contributed by atoms with Gasteiger partial charge in [-0.3, -0.25) is 4.90 Å². The van der Waals surface area contributed by atoms with Crippen LogP contribution in [0.5, 0.6) is 0 Å². The summed E-state index contributed by atoms with van der Waals surface area (Å²) in [4.78, 5) is 6.79. The highest BCUT2D eigenvalue weighted by Gasteiger charge is 2.26. The number of hydrazone groups is 1. The summed E-state index contributed by atoms with van der Waals surface area (Å²) in [5.41, 5.74) is 16.4. The van der Waals surface area contributed by atoms with Crippen molar-refractivity contribution in [3.63, 3.8) is 0 Å². The molecule has 5 rings (SSSR count). The molecule has 3 aromatic rings. The number of halogens is 2. The number of nitrogens with zero attached hydrogens (tertiary/aromatic N) is 4. The number of nitrogens with two attached hydrogens (primary N) is 1. The number of aromatic nitrogens is 1. The number of likely N-dealkylation sites (tertiary alicyclic amines) is 1. The Kier molecular flexibility index (Phi) is 6.58. The lowest BCUT2D eigenvalue weighted by atomic mass is 10.0. The monoisotopic (exact) mass is 497 g/mol. The highest BCUT2D eigenvalue weighted by molar-refractivity contribution is 6.44. The molecule has 2 aliphatic rings. The standard InChI is InChI=1S/C24H25Cl2N7O/c25-20-2-1-3-21(22(20)26)33-24(29-30-31-33)19-12-17(13-28-23(19)27)16-6-4-15(5-7-16)14-32-10-8-18(34)9-11-32/h1-7,12-13,18,30-31,34H,8-11,14H2,(H2,27,28). The molecule has 2 aromatic carbocycles. The third-order valence-corrected chi connectivity index (χ3v) is 6.93. The lowest BCUT2D eigenvalue weighted by molar-refractivity contribution is 0.0792. The Morgan fingerprint density at radius 3 is 2.59 bits per heavy atom. The van der Waals surface area contributed by atoms with E-state index in [-0.39, 0.29) is 6.10 Å². The van der Waals surface area contributed by atoms with Crippen molar-refractivity contribution in [1.82, 2.24) is 21.0 Å². The molecule has 2 aliphatic heterocycles. The smallest absolute Gasteiger partial charge is 0.181 e. The van der Waals surface area contributed by atoms with E-state index in [9.17, 15) is 5.11 Å². The highest BCUT2D eigenvalue weighted by Crippen LogP contribution is 2.34. The van der Waals surface area contributed by atoms with Crippen molar-refractivity contribution in [2.24, 2.45) is 5.10 Å². The molecule has 5 N–H and O–H groups in total. The Balaban J connectivity index is 1.38. The summed E-state index contributed by atoms with van der Waals surface area (Å²) >= 11 is 12.6. The lowest BCUT2D eigenvalue weighted by Gasteiger charge is -2.29. The summed E-state index contributed by atoms with van der Waals surface area (Å²) in [6, 6.07) is 15.8. The number of nitrogen functional groups attached to an aromatic ring is 1. The molecule has 1 saturated heterocycles. The van der Waals surface area contributed by atoms with Crippen LogP contribution in [-0.4, -0.2) is 40.0 Å². The number of hydrogen-bond acceptors (Lipinski definition) is 8. The summed E-state index contributed by atoms with van der Waals surface area (Å²) < 4.78 is 0. The van der Waals surface area contributed by atoms with Crippen molar-refractivity contribution < 1.29 is 5.11 Å². The summed E-state index contributed by atoms with van der Waals surface area (Å²) in [6.45, 7) is 2.72. The van der Waals surface area contributed by atoms with E-state index in [2.05, 4.69) is 50.3 Å². The van der Waals surface area contributed by atoms with Gasteiger partial charge in [0, 0.05) is 31.4 Å². The number of hydrazine groups is 2. The fourth-order valence-corrected chi connectivity index (χ4v) is 4.58. The zero-order chi connectivity index (χ0) is 23.7. The summed E-state index contributed by atoms with van der Waals surface area (Å²) in [5, 5.41) is 16.6. The molecule has 0 saturated carbocycles. The quantitative estimate of drug-likeness (QED) is 0.425. The number of aliphatic hydroxyl groups is 1. The van der Waals surface area contributed by atoms with Gasteiger partial charge in [0.1, 0.15) is 5.82 Å². The second-order valence-electron chi connectivity index (χ2n) is 8.43. The molecule has 8 nitrogen and oxygen atoms in total. The van der Waals surface area contributed by atoms with Crippen LogP contribution in [0.4, 0.5) is 11.5 Å². The Hall–Kier alpha value is -2.88. The van der Waals surface area contributed by atoms with Crippen LogP contribution in [0.25, 0.3) is 11.1 Å². The predicted octanol–water partition coefficient (Wildman–Crippen LogP) is 3.79. The third-order valence-electron chi connectivity index (χ3n) is 6.12. The second kappa shape index (κ2) is 9.77. The van der Waals surface area contributed by atoms with Crippen LogP contribution < -0.4 is 21.8 Å². The van der Waals surface area contributed by atoms with Gasteiger partial charge in [-0.05, 0) is 42.2 Å². The van der Waals surface area contributed by atoms with Gasteiger partial charge in [-0.2, -0.15) is 0 Å². The summed E-state index contributed by atoms with van der Waals surface area (Å²) in [7, 11) is 0. The first-order chi connectivity index (χ1) is 16.5. The molecule has 10 heteroatoms. The minimum atomic E-state index is -0.161. The fourth-order valence-electron chi connectivity index (χ4n) is 4.20. The molecular weight excluding hydrogens is 473 g/mol. The molecule has 0 unspecified atom stereocenters. The van der Waals surface area contributed by atoms with E-state index in [4.69, 9.17) is 28.9 Å². The van der Waals surface area contributed by atoms with E-state index in [1.54, 1.807) is 17.3 Å². The number of piperidine rings is 1. The largest absolute Gasteiger partial charge is 0.393 e. The van der Waals surface area contributed by atoms with Crippen molar-refractivity contribution in [3.05, 3.63) is 75.9 Å². The Bertz CT molecular complexity index is 1210. The molecule has 0 aliphatic carbocycles. The molecule has 1 aromatic heterocycles. The van der Waals surface area contributed by atoms with Crippen molar-refractivity contribution in [2.75, 3.05) is 23.8 Å². The number of amidine groups is 1. The SMILES string of the molecule is Nc1ncc(-c2ccc(CN3CCC(O)CC3)cc2)cc1C1=NNNN1c1cccc(Cl)c1Cl. The molecule has 176 valence electrons. The van der Waals surface area contributed by atoms with E-state index in [1.165, 1.54) is 5.56 Å². The second-order valence-corrected chi connectivity index (χ2v) is 9.21. The zero-order valence-electron chi connectivity index (χ0n) is 18.4. The van der Waals surface area contributed by atoms with Crippen LogP contribution in [0.15, 0.2) is 59.8 Å². The highest BCUT2D eigenvalue weighted by atomic mass is 35.5. The summed E-state index contributed by atoms with van der Waals surface area (Å²) in [5.74, 6) is 0.875. The van der Waals surface area contributed by atoms with E-state index >= 15 is 0 Å². The van der Waals surface area contributed by atoms with Gasteiger partial charge < -0.3 is 10.8 Å². The van der Waals surface area contributed by atoms with Gasteiger partial charge in [-0.15, -0.1) is 10.6 Å². The van der Waals surface area contributed by atoms with Gasteiger partial charge in [0.15, 0.2) is 5.84 Å². The number of rotatable bonds is 5. The number of hydrogen-bond donors (Lipinski definition) is 4.